The number of furan rings is 1. The summed E-state index contributed by atoms with van der Waals surface area (Å²) < 4.78 is 6.97. The summed E-state index contributed by atoms with van der Waals surface area (Å²) in [6.07, 6.45) is 3.43. The van der Waals surface area contributed by atoms with Gasteiger partial charge in [-0.2, -0.15) is 0 Å². The van der Waals surface area contributed by atoms with Crippen molar-refractivity contribution in [2.24, 2.45) is 0 Å². The summed E-state index contributed by atoms with van der Waals surface area (Å²) in [7, 11) is 0. The van der Waals surface area contributed by atoms with Crippen molar-refractivity contribution in [3.63, 3.8) is 0 Å². The van der Waals surface area contributed by atoms with E-state index in [1.54, 1.807) is 16.7 Å². The molecule has 6 heteroatoms. The first-order valence-electron chi connectivity index (χ1n) is 5.48. The molecule has 0 aliphatic rings. The van der Waals surface area contributed by atoms with Crippen LogP contribution in [0.4, 0.5) is 0 Å². The van der Waals surface area contributed by atoms with Gasteiger partial charge in [-0.3, -0.25) is 9.20 Å². The molecule has 0 aromatic carbocycles. The van der Waals surface area contributed by atoms with Crippen LogP contribution >= 0.6 is 11.3 Å². The van der Waals surface area contributed by atoms with E-state index in [0.717, 1.165) is 16.4 Å². The number of carbonyl (C=O) groups is 1. The van der Waals surface area contributed by atoms with Gasteiger partial charge in [-0.25, -0.2) is 4.98 Å². The zero-order valence-electron chi connectivity index (χ0n) is 9.71. The molecule has 92 valence electrons. The standard InChI is InChI=1S/C12H11N3O2S/c1-8-10(15-4-6-18-12(15)14-8)11(16)13-7-9-3-2-5-17-9/h2-6H,7H2,1H3,(H,13,16). The van der Waals surface area contributed by atoms with Crippen LogP contribution in [-0.2, 0) is 6.54 Å². The normalized spacial score (nSPS) is 10.9. The average molecular weight is 261 g/mol. The molecule has 0 saturated heterocycles. The third-order valence-corrected chi connectivity index (χ3v) is 3.41. The van der Waals surface area contributed by atoms with Crippen LogP contribution < -0.4 is 5.32 Å². The van der Waals surface area contributed by atoms with Crippen LogP contribution in [-0.4, -0.2) is 15.3 Å². The molecular formula is C12H11N3O2S. The van der Waals surface area contributed by atoms with Gasteiger partial charge >= 0.3 is 0 Å². The highest BCUT2D eigenvalue weighted by atomic mass is 32.1. The van der Waals surface area contributed by atoms with Gasteiger partial charge in [0.05, 0.1) is 18.5 Å². The van der Waals surface area contributed by atoms with Crippen molar-refractivity contribution in [1.29, 1.82) is 0 Å². The maximum absolute atomic E-state index is 12.1. The number of amides is 1. The van der Waals surface area contributed by atoms with Crippen molar-refractivity contribution in [2.75, 3.05) is 0 Å². The lowest BCUT2D eigenvalue weighted by Gasteiger charge is -2.03. The molecule has 0 bridgehead atoms. The number of hydrogen-bond donors (Lipinski definition) is 1. The van der Waals surface area contributed by atoms with E-state index in [2.05, 4.69) is 10.3 Å². The Labute approximate surface area is 107 Å². The number of fused-ring (bicyclic) bond motifs is 1. The fraction of sp³-hybridized carbons (Fsp3) is 0.167. The van der Waals surface area contributed by atoms with Gasteiger partial charge in [0, 0.05) is 11.6 Å². The number of imidazole rings is 1. The molecule has 0 spiro atoms. The lowest BCUT2D eigenvalue weighted by molar-refractivity contribution is 0.0941. The molecule has 0 saturated carbocycles. The first-order chi connectivity index (χ1) is 8.75. The smallest absolute Gasteiger partial charge is 0.270 e. The van der Waals surface area contributed by atoms with Gasteiger partial charge in [-0.05, 0) is 19.1 Å². The molecule has 0 fully saturated rings. The SMILES string of the molecule is Cc1nc2sccn2c1C(=O)NCc1ccco1. The van der Waals surface area contributed by atoms with E-state index in [-0.39, 0.29) is 5.91 Å². The van der Waals surface area contributed by atoms with Crippen LogP contribution in [0.15, 0.2) is 34.4 Å². The Kier molecular flexibility index (Phi) is 2.64. The Morgan fingerprint density at radius 3 is 3.28 bits per heavy atom. The van der Waals surface area contributed by atoms with Gasteiger partial charge in [-0.15, -0.1) is 11.3 Å². The van der Waals surface area contributed by atoms with Crippen LogP contribution in [0.25, 0.3) is 4.96 Å². The van der Waals surface area contributed by atoms with Gasteiger partial charge < -0.3 is 9.73 Å². The van der Waals surface area contributed by atoms with Crippen LogP contribution in [0, 0.1) is 6.92 Å². The lowest BCUT2D eigenvalue weighted by atomic mass is 10.3. The largest absolute Gasteiger partial charge is 0.467 e. The molecule has 0 atom stereocenters. The Bertz CT molecular complexity index is 681. The minimum absolute atomic E-state index is 0.144. The average Bonchev–Trinajstić information content (AvgIpc) is 3.01. The first kappa shape index (κ1) is 11.0. The van der Waals surface area contributed by atoms with Gasteiger partial charge in [0.25, 0.3) is 5.91 Å². The van der Waals surface area contributed by atoms with Crippen molar-refractivity contribution in [2.45, 2.75) is 13.5 Å². The van der Waals surface area contributed by atoms with Crippen molar-refractivity contribution in [3.8, 4) is 0 Å². The third kappa shape index (κ3) is 1.80. The molecule has 3 aromatic heterocycles. The van der Waals surface area contributed by atoms with E-state index in [9.17, 15) is 4.79 Å². The predicted molar refractivity (Wildman–Crippen MR) is 67.7 cm³/mol. The molecule has 3 aromatic rings. The molecule has 3 rings (SSSR count). The molecule has 3 heterocycles. The number of hydrogen-bond acceptors (Lipinski definition) is 4. The monoisotopic (exact) mass is 261 g/mol. The van der Waals surface area contributed by atoms with Gasteiger partial charge in [0.1, 0.15) is 11.5 Å². The van der Waals surface area contributed by atoms with Crippen molar-refractivity contribution >= 4 is 22.2 Å². The minimum Gasteiger partial charge on any atom is -0.467 e. The summed E-state index contributed by atoms with van der Waals surface area (Å²) >= 11 is 1.51. The Balaban J connectivity index is 1.83. The van der Waals surface area contributed by atoms with E-state index in [1.165, 1.54) is 11.3 Å². The van der Waals surface area contributed by atoms with Gasteiger partial charge in [-0.1, -0.05) is 0 Å². The highest BCUT2D eigenvalue weighted by molar-refractivity contribution is 7.15. The quantitative estimate of drug-likeness (QED) is 0.786. The summed E-state index contributed by atoms with van der Waals surface area (Å²) in [5.74, 6) is 0.585. The summed E-state index contributed by atoms with van der Waals surface area (Å²) in [6.45, 7) is 2.21. The minimum atomic E-state index is -0.144. The topological polar surface area (TPSA) is 59.5 Å². The van der Waals surface area contributed by atoms with Crippen LogP contribution in [0.3, 0.4) is 0 Å². The number of aryl methyl sites for hydroxylation is 1. The Hall–Kier alpha value is -2.08. The molecule has 0 aliphatic heterocycles. The van der Waals surface area contributed by atoms with E-state index >= 15 is 0 Å². The Morgan fingerprint density at radius 2 is 2.50 bits per heavy atom. The van der Waals surface area contributed by atoms with Gasteiger partial charge in [0.2, 0.25) is 0 Å². The molecule has 5 nitrogen and oxygen atoms in total. The number of nitrogens with zero attached hydrogens (tertiary/aromatic N) is 2. The van der Waals surface area contributed by atoms with E-state index in [0.29, 0.717) is 12.2 Å². The second kappa shape index (κ2) is 4.30. The molecule has 0 aliphatic carbocycles. The second-order valence-corrected chi connectivity index (χ2v) is 4.74. The van der Waals surface area contributed by atoms with E-state index in [1.807, 2.05) is 24.6 Å². The molecule has 0 radical (unpaired) electrons. The summed E-state index contributed by atoms with van der Waals surface area (Å²) in [5, 5.41) is 4.73. The zero-order valence-corrected chi connectivity index (χ0v) is 10.5. The highest BCUT2D eigenvalue weighted by Crippen LogP contribution is 2.16. The number of thiazole rings is 1. The lowest BCUT2D eigenvalue weighted by Crippen LogP contribution is -2.24. The van der Waals surface area contributed by atoms with Crippen LogP contribution in [0.2, 0.25) is 0 Å². The molecular weight excluding hydrogens is 250 g/mol. The van der Waals surface area contributed by atoms with E-state index < -0.39 is 0 Å². The van der Waals surface area contributed by atoms with Crippen molar-refractivity contribution in [1.82, 2.24) is 14.7 Å². The van der Waals surface area contributed by atoms with Gasteiger partial charge in [0.15, 0.2) is 4.96 Å². The molecule has 1 amide bonds. The zero-order chi connectivity index (χ0) is 12.5. The Morgan fingerprint density at radius 1 is 1.61 bits per heavy atom. The number of rotatable bonds is 3. The fourth-order valence-corrected chi connectivity index (χ4v) is 2.59. The maximum atomic E-state index is 12.1. The molecule has 18 heavy (non-hydrogen) atoms. The fourth-order valence-electron chi connectivity index (χ4n) is 1.83. The van der Waals surface area contributed by atoms with Crippen molar-refractivity contribution in [3.05, 3.63) is 47.1 Å². The summed E-state index contributed by atoms with van der Waals surface area (Å²) in [4.78, 5) is 17.3. The van der Waals surface area contributed by atoms with E-state index in [4.69, 9.17) is 4.42 Å². The second-order valence-electron chi connectivity index (χ2n) is 3.86. The molecule has 1 N–H and O–H groups in total. The number of carbonyl (C=O) groups excluding carboxylic acids is 1. The third-order valence-electron chi connectivity index (χ3n) is 2.65. The van der Waals surface area contributed by atoms with Crippen LogP contribution in [0.1, 0.15) is 21.9 Å². The van der Waals surface area contributed by atoms with Crippen LogP contribution in [0.5, 0.6) is 0 Å². The van der Waals surface area contributed by atoms with Crippen molar-refractivity contribution < 1.29 is 9.21 Å². The predicted octanol–water partition coefficient (Wildman–Crippen LogP) is 2.23. The number of aromatic nitrogens is 2. The molecule has 0 unspecified atom stereocenters. The first-order valence-corrected chi connectivity index (χ1v) is 6.36. The highest BCUT2D eigenvalue weighted by Gasteiger charge is 2.16. The maximum Gasteiger partial charge on any atom is 0.270 e. The summed E-state index contributed by atoms with van der Waals surface area (Å²) in [5.41, 5.74) is 1.32. The summed E-state index contributed by atoms with van der Waals surface area (Å²) in [6, 6.07) is 3.62. The number of nitrogens with one attached hydrogen (secondary N) is 1.